The Kier molecular flexibility index (Phi) is 5.21. The Labute approximate surface area is 150 Å². The molecule has 2 aromatic rings. The zero-order valence-electron chi connectivity index (χ0n) is 14.2. The van der Waals surface area contributed by atoms with Gasteiger partial charge in [-0.05, 0) is 37.3 Å². The number of nitro groups is 1. The second-order valence-electron chi connectivity index (χ2n) is 5.50. The molecule has 0 bridgehead atoms. The topological polar surface area (TPSA) is 91.1 Å². The van der Waals surface area contributed by atoms with Crippen molar-refractivity contribution in [3.63, 3.8) is 0 Å². The molecule has 0 saturated heterocycles. The first kappa shape index (κ1) is 17.5. The summed E-state index contributed by atoms with van der Waals surface area (Å²) in [5.41, 5.74) is 0.283. The predicted octanol–water partition coefficient (Wildman–Crippen LogP) is 2.80. The van der Waals surface area contributed by atoms with E-state index in [1.54, 1.807) is 24.3 Å². The van der Waals surface area contributed by atoms with Gasteiger partial charge in [0.2, 0.25) is 0 Å². The van der Waals surface area contributed by atoms with E-state index in [-0.39, 0.29) is 18.2 Å². The first-order chi connectivity index (χ1) is 12.6. The zero-order valence-corrected chi connectivity index (χ0v) is 14.2. The fourth-order valence-corrected chi connectivity index (χ4v) is 2.60. The molecule has 0 atom stereocenters. The predicted molar refractivity (Wildman–Crippen MR) is 94.1 cm³/mol. The number of non-ortho nitro benzene ring substituents is 1. The Morgan fingerprint density at radius 1 is 1.19 bits per heavy atom. The molecule has 1 amide bonds. The second kappa shape index (κ2) is 7.73. The van der Waals surface area contributed by atoms with Gasteiger partial charge >= 0.3 is 0 Å². The summed E-state index contributed by atoms with van der Waals surface area (Å²) in [5, 5.41) is 11.0. The highest BCUT2D eigenvalue weighted by atomic mass is 16.6. The molecule has 1 heterocycles. The molecule has 1 aliphatic heterocycles. The molecular formula is C18H18N2O6. The molecule has 8 heteroatoms. The van der Waals surface area contributed by atoms with Crippen molar-refractivity contribution in [2.24, 2.45) is 0 Å². The van der Waals surface area contributed by atoms with Crippen molar-refractivity contribution in [1.82, 2.24) is 0 Å². The molecule has 3 rings (SSSR count). The maximum atomic E-state index is 12.5. The minimum Gasteiger partial charge on any atom is -0.494 e. The molecule has 0 unspecified atom stereocenters. The van der Waals surface area contributed by atoms with E-state index in [1.165, 1.54) is 23.1 Å². The molecule has 0 aromatic heterocycles. The number of amides is 1. The van der Waals surface area contributed by atoms with E-state index in [0.29, 0.717) is 36.9 Å². The lowest BCUT2D eigenvalue weighted by Crippen LogP contribution is -2.40. The molecule has 2 aromatic carbocycles. The smallest absolute Gasteiger partial charge is 0.271 e. The number of hydrogen-bond acceptors (Lipinski definition) is 6. The molecule has 26 heavy (non-hydrogen) atoms. The van der Waals surface area contributed by atoms with Crippen molar-refractivity contribution in [2.45, 2.75) is 6.92 Å². The van der Waals surface area contributed by atoms with Gasteiger partial charge in [0.15, 0.2) is 6.61 Å². The van der Waals surface area contributed by atoms with Gasteiger partial charge in [0, 0.05) is 12.1 Å². The van der Waals surface area contributed by atoms with Gasteiger partial charge in [0.05, 0.1) is 23.8 Å². The molecule has 1 aliphatic rings. The third-order valence-corrected chi connectivity index (χ3v) is 3.81. The molecule has 0 saturated carbocycles. The average molecular weight is 358 g/mol. The average Bonchev–Trinajstić information content (AvgIpc) is 2.66. The maximum absolute atomic E-state index is 12.5. The number of fused-ring (bicyclic) bond motifs is 1. The Morgan fingerprint density at radius 2 is 1.88 bits per heavy atom. The van der Waals surface area contributed by atoms with Crippen molar-refractivity contribution in [1.29, 1.82) is 0 Å². The number of hydrogen-bond donors (Lipinski definition) is 0. The van der Waals surface area contributed by atoms with Crippen LogP contribution in [0.4, 0.5) is 11.4 Å². The van der Waals surface area contributed by atoms with Crippen LogP contribution in [0.15, 0.2) is 42.5 Å². The number of nitrogens with zero attached hydrogens (tertiary/aromatic N) is 2. The van der Waals surface area contributed by atoms with Crippen molar-refractivity contribution in [3.8, 4) is 17.2 Å². The number of benzene rings is 2. The van der Waals surface area contributed by atoms with Crippen LogP contribution in [0, 0.1) is 10.1 Å². The lowest BCUT2D eigenvalue weighted by molar-refractivity contribution is -0.384. The van der Waals surface area contributed by atoms with Gasteiger partial charge in [-0.15, -0.1) is 0 Å². The van der Waals surface area contributed by atoms with E-state index in [0.717, 1.165) is 5.75 Å². The summed E-state index contributed by atoms with van der Waals surface area (Å²) < 4.78 is 16.3. The summed E-state index contributed by atoms with van der Waals surface area (Å²) in [6, 6.07) is 11.1. The van der Waals surface area contributed by atoms with Gasteiger partial charge in [0.1, 0.15) is 23.9 Å². The highest BCUT2D eigenvalue weighted by molar-refractivity contribution is 5.96. The quantitative estimate of drug-likeness (QED) is 0.582. The lowest BCUT2D eigenvalue weighted by atomic mass is 10.2. The SMILES string of the molecule is CCOc1ccc(OCC(=O)N2CCOc3ccc([N+](=O)[O-])cc32)cc1. The van der Waals surface area contributed by atoms with Crippen LogP contribution in [0.25, 0.3) is 0 Å². The second-order valence-corrected chi connectivity index (χ2v) is 5.50. The van der Waals surface area contributed by atoms with Crippen molar-refractivity contribution in [3.05, 3.63) is 52.6 Å². The first-order valence-electron chi connectivity index (χ1n) is 8.15. The molecule has 0 aliphatic carbocycles. The van der Waals surface area contributed by atoms with Crippen LogP contribution in [0.3, 0.4) is 0 Å². The van der Waals surface area contributed by atoms with E-state index in [4.69, 9.17) is 14.2 Å². The monoisotopic (exact) mass is 358 g/mol. The van der Waals surface area contributed by atoms with Gasteiger partial charge in [-0.25, -0.2) is 0 Å². The third-order valence-electron chi connectivity index (χ3n) is 3.81. The van der Waals surface area contributed by atoms with E-state index < -0.39 is 4.92 Å². The van der Waals surface area contributed by atoms with Crippen LogP contribution in [-0.2, 0) is 4.79 Å². The Hall–Kier alpha value is -3.29. The fourth-order valence-electron chi connectivity index (χ4n) is 2.60. The highest BCUT2D eigenvalue weighted by Gasteiger charge is 2.26. The van der Waals surface area contributed by atoms with Crippen LogP contribution in [0.1, 0.15) is 6.92 Å². The standard InChI is InChI=1S/C18H18N2O6/c1-2-24-14-4-6-15(7-5-14)26-12-18(21)19-9-10-25-17-8-3-13(20(22)23)11-16(17)19/h3-8,11H,2,9-10,12H2,1H3. The first-order valence-corrected chi connectivity index (χ1v) is 8.15. The van der Waals surface area contributed by atoms with Crippen LogP contribution < -0.4 is 19.1 Å². The van der Waals surface area contributed by atoms with Gasteiger partial charge in [-0.2, -0.15) is 0 Å². The Bertz CT molecular complexity index is 806. The van der Waals surface area contributed by atoms with Gasteiger partial charge in [-0.1, -0.05) is 0 Å². The van der Waals surface area contributed by atoms with E-state index in [1.807, 2.05) is 6.92 Å². The van der Waals surface area contributed by atoms with Crippen LogP contribution >= 0.6 is 0 Å². The summed E-state index contributed by atoms with van der Waals surface area (Å²) in [6.45, 7) is 2.91. The highest BCUT2D eigenvalue weighted by Crippen LogP contribution is 2.35. The molecule has 0 N–H and O–H groups in total. The Morgan fingerprint density at radius 3 is 2.54 bits per heavy atom. The number of ether oxygens (including phenoxy) is 3. The zero-order chi connectivity index (χ0) is 18.5. The van der Waals surface area contributed by atoms with Crippen LogP contribution in [0.5, 0.6) is 17.2 Å². The lowest BCUT2D eigenvalue weighted by Gasteiger charge is -2.29. The van der Waals surface area contributed by atoms with E-state index >= 15 is 0 Å². The number of nitro benzene ring substituents is 1. The molecule has 0 radical (unpaired) electrons. The van der Waals surface area contributed by atoms with Gasteiger partial charge in [0.25, 0.3) is 11.6 Å². The third kappa shape index (κ3) is 3.85. The normalized spacial score (nSPS) is 12.7. The molecule has 8 nitrogen and oxygen atoms in total. The Balaban J connectivity index is 1.69. The van der Waals surface area contributed by atoms with Crippen molar-refractivity contribution >= 4 is 17.3 Å². The largest absolute Gasteiger partial charge is 0.494 e. The van der Waals surface area contributed by atoms with Crippen LogP contribution in [0.2, 0.25) is 0 Å². The number of carbonyl (C=O) groups excluding carboxylic acids is 1. The minimum absolute atomic E-state index is 0.0977. The molecule has 0 spiro atoms. The summed E-state index contributed by atoms with van der Waals surface area (Å²) >= 11 is 0. The summed E-state index contributed by atoms with van der Waals surface area (Å²) in [4.78, 5) is 24.4. The summed E-state index contributed by atoms with van der Waals surface area (Å²) in [7, 11) is 0. The van der Waals surface area contributed by atoms with Gasteiger partial charge < -0.3 is 19.1 Å². The summed E-state index contributed by atoms with van der Waals surface area (Å²) in [5.74, 6) is 1.40. The summed E-state index contributed by atoms with van der Waals surface area (Å²) in [6.07, 6.45) is 0. The van der Waals surface area contributed by atoms with Crippen molar-refractivity contribution in [2.75, 3.05) is 31.3 Å². The maximum Gasteiger partial charge on any atom is 0.271 e. The molecule has 136 valence electrons. The van der Waals surface area contributed by atoms with Crippen molar-refractivity contribution < 1.29 is 23.9 Å². The van der Waals surface area contributed by atoms with E-state index in [9.17, 15) is 14.9 Å². The van der Waals surface area contributed by atoms with E-state index in [2.05, 4.69) is 0 Å². The number of rotatable bonds is 6. The number of carbonyl (C=O) groups is 1. The fraction of sp³-hybridized carbons (Fsp3) is 0.278. The van der Waals surface area contributed by atoms with Crippen LogP contribution in [-0.4, -0.2) is 37.2 Å². The number of anilines is 1. The van der Waals surface area contributed by atoms with Gasteiger partial charge in [-0.3, -0.25) is 14.9 Å². The molecular weight excluding hydrogens is 340 g/mol. The molecule has 0 fully saturated rings. The minimum atomic E-state index is -0.506.